The summed E-state index contributed by atoms with van der Waals surface area (Å²) < 4.78 is 5.29. The van der Waals surface area contributed by atoms with Gasteiger partial charge in [-0.25, -0.2) is 0 Å². The Morgan fingerprint density at radius 1 is 1.20 bits per heavy atom. The summed E-state index contributed by atoms with van der Waals surface area (Å²) in [5, 5.41) is 18.2. The number of rotatable bonds is 6. The topological polar surface area (TPSA) is 102 Å². The molecule has 134 valence electrons. The molecule has 0 atom stereocenters. The number of oxime groups is 1. The van der Waals surface area contributed by atoms with E-state index >= 15 is 0 Å². The number of aryl methyl sites for hydroxylation is 2. The van der Waals surface area contributed by atoms with Crippen LogP contribution in [0.3, 0.4) is 0 Å². The maximum Gasteiger partial charge on any atom is 0.168 e. The fourth-order valence-corrected chi connectivity index (χ4v) is 3.31. The van der Waals surface area contributed by atoms with Gasteiger partial charge in [-0.2, -0.15) is 0 Å². The average molecular weight is 346 g/mol. The van der Waals surface area contributed by atoms with Crippen molar-refractivity contribution in [3.8, 4) is 0 Å². The summed E-state index contributed by atoms with van der Waals surface area (Å²) in [4.78, 5) is 29.5. The van der Waals surface area contributed by atoms with Gasteiger partial charge in [-0.15, -0.1) is 0 Å². The molecule has 2 aliphatic carbocycles. The second-order valence-electron chi connectivity index (χ2n) is 6.26. The van der Waals surface area contributed by atoms with E-state index in [0.717, 1.165) is 12.8 Å². The van der Waals surface area contributed by atoms with E-state index in [4.69, 9.17) is 9.36 Å². The lowest BCUT2D eigenvalue weighted by Gasteiger charge is -2.16. The molecule has 7 heteroatoms. The summed E-state index contributed by atoms with van der Waals surface area (Å²) in [5.74, 6) is 0.635. The van der Waals surface area contributed by atoms with Crippen LogP contribution in [0.25, 0.3) is 0 Å². The Balaban J connectivity index is 1.82. The van der Waals surface area contributed by atoms with Crippen molar-refractivity contribution in [1.29, 1.82) is 0 Å². The van der Waals surface area contributed by atoms with Crippen LogP contribution in [-0.2, 0) is 22.5 Å². The zero-order chi connectivity index (χ0) is 17.8. The van der Waals surface area contributed by atoms with Crippen molar-refractivity contribution < 1.29 is 24.1 Å². The second kappa shape index (κ2) is 7.63. The second-order valence-corrected chi connectivity index (χ2v) is 6.26. The number of aromatic nitrogens is 1. The molecule has 1 aromatic rings. The lowest BCUT2D eigenvalue weighted by molar-refractivity contribution is -0.115. The Hall–Kier alpha value is -2.44. The van der Waals surface area contributed by atoms with Crippen molar-refractivity contribution >= 4 is 17.3 Å². The van der Waals surface area contributed by atoms with Crippen LogP contribution in [-0.4, -0.2) is 34.1 Å². The van der Waals surface area contributed by atoms with Gasteiger partial charge in [0.1, 0.15) is 18.1 Å². The summed E-state index contributed by atoms with van der Waals surface area (Å²) in [5.41, 5.74) is 1.83. The third-order valence-electron chi connectivity index (χ3n) is 4.50. The van der Waals surface area contributed by atoms with E-state index in [9.17, 15) is 14.7 Å². The largest absolute Gasteiger partial charge is 0.511 e. The summed E-state index contributed by atoms with van der Waals surface area (Å²) in [6.07, 6.45) is 4.25. The Morgan fingerprint density at radius 2 is 1.96 bits per heavy atom. The Kier molecular flexibility index (Phi) is 5.31. The van der Waals surface area contributed by atoms with Gasteiger partial charge in [-0.05, 0) is 32.6 Å². The van der Waals surface area contributed by atoms with Crippen LogP contribution in [0.4, 0.5) is 0 Å². The zero-order valence-corrected chi connectivity index (χ0v) is 14.3. The van der Waals surface area contributed by atoms with E-state index in [1.165, 1.54) is 0 Å². The number of allylic oxidation sites excluding steroid dienone is 2. The van der Waals surface area contributed by atoms with Crippen molar-refractivity contribution in [3.05, 3.63) is 28.3 Å². The molecule has 1 heterocycles. The summed E-state index contributed by atoms with van der Waals surface area (Å²) in [6.45, 7) is 2.16. The van der Waals surface area contributed by atoms with E-state index < -0.39 is 0 Å². The number of carbonyl (C=O) groups excluding carboxylic acids is 2. The van der Waals surface area contributed by atoms with Crippen LogP contribution in [0.2, 0.25) is 0 Å². The van der Waals surface area contributed by atoms with Gasteiger partial charge in [0.05, 0.1) is 22.5 Å². The minimum absolute atomic E-state index is 0.0524. The van der Waals surface area contributed by atoms with Crippen LogP contribution >= 0.6 is 0 Å². The number of hydrogen-bond acceptors (Lipinski definition) is 7. The Morgan fingerprint density at radius 3 is 2.72 bits per heavy atom. The number of aliphatic hydroxyl groups excluding tert-OH is 1. The lowest BCUT2D eigenvalue weighted by atomic mass is 9.89. The van der Waals surface area contributed by atoms with E-state index in [1.54, 1.807) is 6.92 Å². The molecule has 3 rings (SSSR count). The van der Waals surface area contributed by atoms with Crippen LogP contribution in [0.15, 0.2) is 21.0 Å². The highest BCUT2D eigenvalue weighted by Gasteiger charge is 2.29. The highest BCUT2D eigenvalue weighted by molar-refractivity contribution is 6.23. The number of nitrogens with zero attached hydrogens (tertiary/aromatic N) is 2. The smallest absolute Gasteiger partial charge is 0.168 e. The minimum atomic E-state index is -0.125. The third kappa shape index (κ3) is 3.65. The highest BCUT2D eigenvalue weighted by Crippen LogP contribution is 2.27. The van der Waals surface area contributed by atoms with Gasteiger partial charge in [0.2, 0.25) is 0 Å². The van der Waals surface area contributed by atoms with Crippen LogP contribution in [0.1, 0.15) is 67.3 Å². The quantitative estimate of drug-likeness (QED) is 0.627. The van der Waals surface area contributed by atoms with Crippen molar-refractivity contribution in [1.82, 2.24) is 5.16 Å². The van der Waals surface area contributed by atoms with E-state index in [1.807, 2.05) is 0 Å². The molecule has 0 radical (unpaired) electrons. The van der Waals surface area contributed by atoms with Crippen LogP contribution < -0.4 is 0 Å². The average Bonchev–Trinajstić information content (AvgIpc) is 3.01. The van der Waals surface area contributed by atoms with Gasteiger partial charge in [0, 0.05) is 25.7 Å². The monoisotopic (exact) mass is 346 g/mol. The van der Waals surface area contributed by atoms with Crippen molar-refractivity contribution in [2.24, 2.45) is 5.16 Å². The van der Waals surface area contributed by atoms with E-state index in [-0.39, 0.29) is 22.9 Å². The van der Waals surface area contributed by atoms with Crippen LogP contribution in [0.5, 0.6) is 0 Å². The molecule has 0 unspecified atom stereocenters. The van der Waals surface area contributed by atoms with Gasteiger partial charge in [0.15, 0.2) is 11.6 Å². The predicted octanol–water partition coefficient (Wildman–Crippen LogP) is 3.08. The SMILES string of the molecule is CCO/N=C(\CCc1noc2c1C(=O)CCC2)C1=C(O)CCCC1=O. The van der Waals surface area contributed by atoms with Crippen molar-refractivity contribution in [2.75, 3.05) is 6.61 Å². The first-order chi connectivity index (χ1) is 12.1. The molecule has 0 saturated heterocycles. The number of aliphatic hydroxyl groups is 1. The first kappa shape index (κ1) is 17.4. The van der Waals surface area contributed by atoms with Gasteiger partial charge in [-0.3, -0.25) is 9.59 Å². The predicted molar refractivity (Wildman–Crippen MR) is 89.7 cm³/mol. The van der Waals surface area contributed by atoms with Gasteiger partial charge in [0.25, 0.3) is 0 Å². The van der Waals surface area contributed by atoms with Gasteiger partial charge in [-0.1, -0.05) is 10.3 Å². The maximum atomic E-state index is 12.2. The number of hydrogen-bond donors (Lipinski definition) is 1. The number of ketones is 2. The lowest BCUT2D eigenvalue weighted by Crippen LogP contribution is -2.21. The third-order valence-corrected chi connectivity index (χ3v) is 4.50. The molecule has 2 aliphatic rings. The van der Waals surface area contributed by atoms with Crippen LogP contribution in [0, 0.1) is 0 Å². The number of fused-ring (bicyclic) bond motifs is 1. The first-order valence-electron chi connectivity index (χ1n) is 8.77. The number of carbonyl (C=O) groups is 2. The molecule has 0 spiro atoms. The van der Waals surface area contributed by atoms with Gasteiger partial charge >= 0.3 is 0 Å². The molecule has 0 bridgehead atoms. The summed E-state index contributed by atoms with van der Waals surface area (Å²) in [7, 11) is 0. The first-order valence-corrected chi connectivity index (χ1v) is 8.77. The fourth-order valence-electron chi connectivity index (χ4n) is 3.31. The highest BCUT2D eigenvalue weighted by atomic mass is 16.6. The molecular formula is C18H22N2O5. The molecule has 0 fully saturated rings. The summed E-state index contributed by atoms with van der Waals surface area (Å²) >= 11 is 0. The normalized spacial score (nSPS) is 18.5. The maximum absolute atomic E-state index is 12.2. The number of Topliss-reactive ketones (excluding diaryl/α,β-unsaturated/α-hetero) is 2. The van der Waals surface area contributed by atoms with E-state index in [2.05, 4.69) is 10.3 Å². The molecule has 0 saturated carbocycles. The molecule has 1 N–H and O–H groups in total. The molecule has 0 aromatic carbocycles. The Labute approximate surface area is 145 Å². The van der Waals surface area contributed by atoms with Crippen molar-refractivity contribution in [3.63, 3.8) is 0 Å². The zero-order valence-electron chi connectivity index (χ0n) is 14.3. The molecule has 0 aliphatic heterocycles. The standard InChI is InChI=1S/C18H22N2O5/c1-2-24-19-11(17-13(21)5-3-6-14(17)22)9-10-12-18-15(23)7-4-8-16(18)25-20-12/h21H,2-10H2,1H3/b19-11+. The van der Waals surface area contributed by atoms with Gasteiger partial charge < -0.3 is 14.5 Å². The molecule has 7 nitrogen and oxygen atoms in total. The molecule has 25 heavy (non-hydrogen) atoms. The molecule has 1 aromatic heterocycles. The van der Waals surface area contributed by atoms with Crippen molar-refractivity contribution in [2.45, 2.75) is 58.3 Å². The summed E-state index contributed by atoms with van der Waals surface area (Å²) in [6, 6.07) is 0. The fraction of sp³-hybridized carbons (Fsp3) is 0.556. The minimum Gasteiger partial charge on any atom is -0.511 e. The Bertz CT molecular complexity index is 745. The molecular weight excluding hydrogens is 324 g/mol. The van der Waals surface area contributed by atoms with E-state index in [0.29, 0.717) is 67.9 Å². The molecule has 0 amide bonds.